The second kappa shape index (κ2) is 5.21. The number of imidazole rings is 1. The number of aromatic nitrogens is 2. The first-order valence-corrected chi connectivity index (χ1v) is 8.10. The molecule has 0 saturated heterocycles. The molecule has 0 spiro atoms. The van der Waals surface area contributed by atoms with Crippen molar-refractivity contribution in [2.75, 3.05) is 6.54 Å². The van der Waals surface area contributed by atoms with E-state index in [1.54, 1.807) is 12.1 Å². The molecule has 1 amide bonds. The quantitative estimate of drug-likeness (QED) is 0.802. The van der Waals surface area contributed by atoms with Gasteiger partial charge in [0.25, 0.3) is 5.91 Å². The molecule has 1 fully saturated rings. The number of fused-ring (bicyclic) bond motifs is 1. The highest BCUT2D eigenvalue weighted by Crippen LogP contribution is 2.29. The standard InChI is InChI=1S/C16H14FN3OS/c17-12-5-3-11(4-6-12)14-13(15(21)18-9-10-1-2-10)19-16-20(14)7-8-22-16/h3-8,10H,1-2,9H2,(H,18,21). The van der Waals surface area contributed by atoms with Gasteiger partial charge < -0.3 is 5.32 Å². The van der Waals surface area contributed by atoms with Gasteiger partial charge in [0.05, 0.1) is 5.69 Å². The fourth-order valence-electron chi connectivity index (χ4n) is 2.47. The minimum absolute atomic E-state index is 0.165. The molecule has 6 heteroatoms. The molecule has 22 heavy (non-hydrogen) atoms. The number of hydrogen-bond donors (Lipinski definition) is 1. The molecule has 1 aliphatic rings. The summed E-state index contributed by atoms with van der Waals surface area (Å²) in [6.45, 7) is 0.701. The van der Waals surface area contributed by atoms with Crippen molar-refractivity contribution in [3.05, 3.63) is 47.4 Å². The van der Waals surface area contributed by atoms with Gasteiger partial charge in [0.1, 0.15) is 5.82 Å². The maximum Gasteiger partial charge on any atom is 0.272 e. The van der Waals surface area contributed by atoms with Crippen molar-refractivity contribution in [3.63, 3.8) is 0 Å². The second-order valence-corrected chi connectivity index (χ2v) is 6.40. The van der Waals surface area contributed by atoms with Gasteiger partial charge in [-0.1, -0.05) is 0 Å². The van der Waals surface area contributed by atoms with E-state index in [9.17, 15) is 9.18 Å². The molecule has 4 rings (SSSR count). The topological polar surface area (TPSA) is 46.4 Å². The summed E-state index contributed by atoms with van der Waals surface area (Å²) in [4.78, 5) is 17.7. The Balaban J connectivity index is 1.76. The van der Waals surface area contributed by atoms with Crippen LogP contribution in [0.5, 0.6) is 0 Å². The average molecular weight is 315 g/mol. The number of halogens is 1. The van der Waals surface area contributed by atoms with Crippen molar-refractivity contribution in [2.24, 2.45) is 5.92 Å². The molecule has 1 aromatic carbocycles. The number of nitrogens with one attached hydrogen (secondary N) is 1. The molecule has 1 aliphatic carbocycles. The minimum Gasteiger partial charge on any atom is -0.350 e. The summed E-state index contributed by atoms with van der Waals surface area (Å²) in [7, 11) is 0. The molecule has 0 aliphatic heterocycles. The van der Waals surface area contributed by atoms with Crippen LogP contribution in [0.4, 0.5) is 4.39 Å². The van der Waals surface area contributed by atoms with E-state index in [1.165, 1.54) is 36.3 Å². The van der Waals surface area contributed by atoms with Crippen LogP contribution < -0.4 is 5.32 Å². The van der Waals surface area contributed by atoms with E-state index in [2.05, 4.69) is 10.3 Å². The fourth-order valence-corrected chi connectivity index (χ4v) is 3.18. The Bertz CT molecular complexity index is 833. The molecular formula is C16H14FN3OS. The Morgan fingerprint density at radius 2 is 2.14 bits per heavy atom. The number of nitrogens with zero attached hydrogens (tertiary/aromatic N) is 2. The minimum atomic E-state index is -0.297. The molecule has 0 unspecified atom stereocenters. The van der Waals surface area contributed by atoms with Crippen molar-refractivity contribution in [3.8, 4) is 11.3 Å². The monoisotopic (exact) mass is 315 g/mol. The molecule has 112 valence electrons. The molecule has 0 bridgehead atoms. The van der Waals surface area contributed by atoms with Crippen LogP contribution in [0.2, 0.25) is 0 Å². The van der Waals surface area contributed by atoms with Gasteiger partial charge in [-0.25, -0.2) is 9.37 Å². The largest absolute Gasteiger partial charge is 0.350 e. The van der Waals surface area contributed by atoms with Gasteiger partial charge >= 0.3 is 0 Å². The maximum absolute atomic E-state index is 13.2. The summed E-state index contributed by atoms with van der Waals surface area (Å²) in [6.07, 6.45) is 4.25. The van der Waals surface area contributed by atoms with Crippen LogP contribution in [0.3, 0.4) is 0 Å². The molecular weight excluding hydrogens is 301 g/mol. The number of thiazole rings is 1. The van der Waals surface area contributed by atoms with Crippen LogP contribution >= 0.6 is 11.3 Å². The van der Waals surface area contributed by atoms with Crippen molar-refractivity contribution >= 4 is 22.2 Å². The summed E-state index contributed by atoms with van der Waals surface area (Å²) in [5.74, 6) is 0.152. The fraction of sp³-hybridized carbons (Fsp3) is 0.250. The van der Waals surface area contributed by atoms with E-state index >= 15 is 0 Å². The number of amides is 1. The van der Waals surface area contributed by atoms with E-state index in [4.69, 9.17) is 0 Å². The van der Waals surface area contributed by atoms with E-state index in [0.717, 1.165) is 10.5 Å². The smallest absolute Gasteiger partial charge is 0.272 e. The first-order chi connectivity index (χ1) is 10.7. The second-order valence-electron chi connectivity index (χ2n) is 5.52. The van der Waals surface area contributed by atoms with Crippen LogP contribution in [0.25, 0.3) is 16.2 Å². The van der Waals surface area contributed by atoms with Gasteiger partial charge in [-0.3, -0.25) is 9.20 Å². The zero-order valence-corrected chi connectivity index (χ0v) is 12.6. The van der Waals surface area contributed by atoms with Crippen molar-refractivity contribution in [1.82, 2.24) is 14.7 Å². The molecule has 0 radical (unpaired) electrons. The van der Waals surface area contributed by atoms with Crippen LogP contribution in [0, 0.1) is 11.7 Å². The molecule has 1 N–H and O–H groups in total. The first kappa shape index (κ1) is 13.5. The Morgan fingerprint density at radius 3 is 2.86 bits per heavy atom. The number of benzene rings is 1. The Morgan fingerprint density at radius 1 is 1.36 bits per heavy atom. The lowest BCUT2D eigenvalue weighted by molar-refractivity contribution is 0.0948. The van der Waals surface area contributed by atoms with Crippen molar-refractivity contribution in [2.45, 2.75) is 12.8 Å². The van der Waals surface area contributed by atoms with Crippen LogP contribution in [-0.2, 0) is 0 Å². The van der Waals surface area contributed by atoms with Gasteiger partial charge in [0.15, 0.2) is 10.7 Å². The zero-order chi connectivity index (χ0) is 15.1. The maximum atomic E-state index is 13.2. The third kappa shape index (κ3) is 2.39. The highest BCUT2D eigenvalue weighted by atomic mass is 32.1. The van der Waals surface area contributed by atoms with Crippen LogP contribution in [-0.4, -0.2) is 21.8 Å². The SMILES string of the molecule is O=C(NCC1CC1)c1nc2sccn2c1-c1ccc(F)cc1. The third-order valence-electron chi connectivity index (χ3n) is 3.84. The number of carbonyl (C=O) groups is 1. The summed E-state index contributed by atoms with van der Waals surface area (Å²) in [5, 5.41) is 4.87. The Kier molecular flexibility index (Phi) is 3.18. The molecule has 2 heterocycles. The van der Waals surface area contributed by atoms with E-state index in [-0.39, 0.29) is 11.7 Å². The summed E-state index contributed by atoms with van der Waals surface area (Å²) < 4.78 is 15.0. The van der Waals surface area contributed by atoms with Crippen molar-refractivity contribution in [1.29, 1.82) is 0 Å². The first-order valence-electron chi connectivity index (χ1n) is 7.22. The number of hydrogen-bond acceptors (Lipinski definition) is 3. The summed E-state index contributed by atoms with van der Waals surface area (Å²) in [6, 6.07) is 6.14. The van der Waals surface area contributed by atoms with Gasteiger partial charge in [-0.2, -0.15) is 0 Å². The predicted octanol–water partition coefficient (Wildman–Crippen LogP) is 3.34. The van der Waals surface area contributed by atoms with E-state index < -0.39 is 0 Å². The Labute approximate surface area is 130 Å². The number of carbonyl (C=O) groups excluding carboxylic acids is 1. The molecule has 3 aromatic rings. The van der Waals surface area contributed by atoms with Gasteiger partial charge in [-0.15, -0.1) is 11.3 Å². The van der Waals surface area contributed by atoms with Crippen molar-refractivity contribution < 1.29 is 9.18 Å². The van der Waals surface area contributed by atoms with E-state index in [1.807, 2.05) is 16.0 Å². The lowest BCUT2D eigenvalue weighted by atomic mass is 10.1. The van der Waals surface area contributed by atoms with Gasteiger partial charge in [0, 0.05) is 23.7 Å². The normalized spacial score (nSPS) is 14.4. The highest BCUT2D eigenvalue weighted by Gasteiger charge is 2.25. The molecule has 2 aromatic heterocycles. The van der Waals surface area contributed by atoms with Crippen LogP contribution in [0.15, 0.2) is 35.8 Å². The van der Waals surface area contributed by atoms with Gasteiger partial charge in [-0.05, 0) is 43.0 Å². The zero-order valence-electron chi connectivity index (χ0n) is 11.8. The molecule has 1 saturated carbocycles. The third-order valence-corrected chi connectivity index (χ3v) is 4.60. The van der Waals surface area contributed by atoms with Gasteiger partial charge in [0.2, 0.25) is 0 Å². The predicted molar refractivity (Wildman–Crippen MR) is 83.5 cm³/mol. The summed E-state index contributed by atoms with van der Waals surface area (Å²) >= 11 is 1.47. The summed E-state index contributed by atoms with van der Waals surface area (Å²) in [5.41, 5.74) is 1.90. The lowest BCUT2D eigenvalue weighted by Crippen LogP contribution is -2.26. The van der Waals surface area contributed by atoms with Crippen LogP contribution in [0.1, 0.15) is 23.3 Å². The average Bonchev–Trinajstić information content (AvgIpc) is 3.11. The molecule has 4 nitrogen and oxygen atoms in total. The van der Waals surface area contributed by atoms with E-state index in [0.29, 0.717) is 23.9 Å². The molecule has 0 atom stereocenters. The lowest BCUT2D eigenvalue weighted by Gasteiger charge is -2.06. The Hall–Kier alpha value is -2.21. The number of rotatable bonds is 4. The highest BCUT2D eigenvalue weighted by molar-refractivity contribution is 7.15.